The van der Waals surface area contributed by atoms with Gasteiger partial charge in [0, 0.05) is 17.5 Å². The lowest BCUT2D eigenvalue weighted by atomic mass is 9.85. The zero-order valence-electron chi connectivity index (χ0n) is 8.73. The smallest absolute Gasteiger partial charge is 0.311 e. The maximum absolute atomic E-state index is 11.3. The summed E-state index contributed by atoms with van der Waals surface area (Å²) in [6.45, 7) is 1.17. The second-order valence-electron chi connectivity index (χ2n) is 3.99. The average Bonchev–Trinajstić information content (AvgIpc) is 2.71. The molecule has 2 rings (SSSR count). The van der Waals surface area contributed by atoms with Gasteiger partial charge in [0.1, 0.15) is 0 Å². The number of ether oxygens (including phenoxy) is 1. The molecule has 1 saturated heterocycles. The van der Waals surface area contributed by atoms with Crippen molar-refractivity contribution in [3.8, 4) is 0 Å². The Morgan fingerprint density at radius 1 is 1.56 bits per heavy atom. The Morgan fingerprint density at radius 3 is 2.94 bits per heavy atom. The second kappa shape index (κ2) is 4.85. The van der Waals surface area contributed by atoms with Crippen LogP contribution >= 0.6 is 11.6 Å². The first-order valence-corrected chi connectivity index (χ1v) is 5.62. The molecule has 0 saturated carbocycles. The molecule has 0 aliphatic carbocycles. The summed E-state index contributed by atoms with van der Waals surface area (Å²) in [6, 6.07) is 7.06. The molecule has 0 amide bonds. The lowest BCUT2D eigenvalue weighted by molar-refractivity contribution is -0.140. The van der Waals surface area contributed by atoms with Crippen molar-refractivity contribution >= 4 is 17.6 Å². The summed E-state index contributed by atoms with van der Waals surface area (Å²) in [4.78, 5) is 11.3. The minimum Gasteiger partial charge on any atom is -0.481 e. The van der Waals surface area contributed by atoms with Crippen molar-refractivity contribution in [2.75, 3.05) is 13.2 Å². The van der Waals surface area contributed by atoms with Crippen molar-refractivity contribution in [1.82, 2.24) is 0 Å². The number of carboxylic acids is 1. The Balaban J connectivity index is 2.28. The van der Waals surface area contributed by atoms with E-state index >= 15 is 0 Å². The summed E-state index contributed by atoms with van der Waals surface area (Å²) in [5.41, 5.74) is 0.760. The number of carbonyl (C=O) groups is 1. The molecule has 1 aromatic rings. The number of hydrogen-bond donors (Lipinski definition) is 1. The molecule has 1 aliphatic heterocycles. The fourth-order valence-electron chi connectivity index (χ4n) is 2.13. The number of benzene rings is 1. The van der Waals surface area contributed by atoms with Crippen LogP contribution in [0.2, 0.25) is 5.02 Å². The van der Waals surface area contributed by atoms with Crippen LogP contribution < -0.4 is 0 Å². The summed E-state index contributed by atoms with van der Waals surface area (Å²) < 4.78 is 5.24. The van der Waals surface area contributed by atoms with Gasteiger partial charge < -0.3 is 9.84 Å². The molecule has 0 spiro atoms. The molecule has 0 aromatic heterocycles. The third kappa shape index (κ3) is 2.36. The van der Waals surface area contributed by atoms with Gasteiger partial charge >= 0.3 is 5.97 Å². The Labute approximate surface area is 99.0 Å². The first-order chi connectivity index (χ1) is 7.68. The van der Waals surface area contributed by atoms with Crippen molar-refractivity contribution in [3.63, 3.8) is 0 Å². The number of carboxylic acid groups (broad SMARTS) is 1. The van der Waals surface area contributed by atoms with Gasteiger partial charge in [-0.15, -0.1) is 0 Å². The van der Waals surface area contributed by atoms with E-state index in [9.17, 15) is 9.90 Å². The summed E-state index contributed by atoms with van der Waals surface area (Å²) in [6.07, 6.45) is 0.795. The molecule has 86 valence electrons. The molecule has 1 N–H and O–H groups in total. The lowest BCUT2D eigenvalue weighted by Crippen LogP contribution is -2.21. The lowest BCUT2D eigenvalue weighted by Gasteiger charge is -2.18. The largest absolute Gasteiger partial charge is 0.481 e. The summed E-state index contributed by atoms with van der Waals surface area (Å²) in [7, 11) is 0. The van der Waals surface area contributed by atoms with Crippen molar-refractivity contribution in [3.05, 3.63) is 34.9 Å². The molecule has 2 atom stereocenters. The molecule has 1 heterocycles. The maximum Gasteiger partial charge on any atom is 0.311 e. The first-order valence-electron chi connectivity index (χ1n) is 5.24. The standard InChI is InChI=1S/C12H13ClO3/c13-10-3-1-2-8(6-10)11(12(14)15)9-4-5-16-7-9/h1-3,6,9,11H,4-5,7H2,(H,14,15). The van der Waals surface area contributed by atoms with Crippen LogP contribution in [-0.4, -0.2) is 24.3 Å². The molecule has 16 heavy (non-hydrogen) atoms. The Kier molecular flexibility index (Phi) is 3.46. The predicted octanol–water partition coefficient (Wildman–Crippen LogP) is 2.54. The monoisotopic (exact) mass is 240 g/mol. The number of aliphatic carboxylic acids is 1. The van der Waals surface area contributed by atoms with Crippen LogP contribution in [0.1, 0.15) is 17.9 Å². The van der Waals surface area contributed by atoms with Gasteiger partial charge in [-0.25, -0.2) is 0 Å². The first kappa shape index (κ1) is 11.4. The van der Waals surface area contributed by atoms with Crippen molar-refractivity contribution in [2.24, 2.45) is 5.92 Å². The van der Waals surface area contributed by atoms with Gasteiger partial charge in [0.05, 0.1) is 12.5 Å². The average molecular weight is 241 g/mol. The van der Waals surface area contributed by atoms with E-state index in [4.69, 9.17) is 16.3 Å². The van der Waals surface area contributed by atoms with Gasteiger partial charge in [-0.05, 0) is 24.1 Å². The van der Waals surface area contributed by atoms with E-state index < -0.39 is 11.9 Å². The van der Waals surface area contributed by atoms with E-state index in [1.807, 2.05) is 6.07 Å². The molecule has 0 bridgehead atoms. The van der Waals surface area contributed by atoms with Gasteiger partial charge in [0.25, 0.3) is 0 Å². The topological polar surface area (TPSA) is 46.5 Å². The number of rotatable bonds is 3. The number of halogens is 1. The minimum absolute atomic E-state index is 0.0518. The van der Waals surface area contributed by atoms with Gasteiger partial charge in [-0.3, -0.25) is 4.79 Å². The molecule has 2 unspecified atom stereocenters. The molecular formula is C12H13ClO3. The summed E-state index contributed by atoms with van der Waals surface area (Å²) >= 11 is 5.88. The third-order valence-corrected chi connectivity index (χ3v) is 3.15. The second-order valence-corrected chi connectivity index (χ2v) is 4.43. The Morgan fingerprint density at radius 2 is 2.38 bits per heavy atom. The van der Waals surface area contributed by atoms with Crippen LogP contribution in [0.5, 0.6) is 0 Å². The molecule has 1 fully saturated rings. The quantitative estimate of drug-likeness (QED) is 0.883. The molecule has 3 nitrogen and oxygen atoms in total. The molecule has 1 aromatic carbocycles. The van der Waals surface area contributed by atoms with Crippen LogP contribution in [-0.2, 0) is 9.53 Å². The van der Waals surface area contributed by atoms with Crippen LogP contribution in [0.15, 0.2) is 24.3 Å². The van der Waals surface area contributed by atoms with Crippen LogP contribution in [0, 0.1) is 5.92 Å². The van der Waals surface area contributed by atoms with Gasteiger partial charge in [0.15, 0.2) is 0 Å². The summed E-state index contributed by atoms with van der Waals surface area (Å²) in [5.74, 6) is -1.27. The highest BCUT2D eigenvalue weighted by atomic mass is 35.5. The van der Waals surface area contributed by atoms with E-state index in [1.165, 1.54) is 0 Å². The van der Waals surface area contributed by atoms with E-state index in [0.29, 0.717) is 18.2 Å². The third-order valence-electron chi connectivity index (χ3n) is 2.91. The van der Waals surface area contributed by atoms with Gasteiger partial charge in [-0.2, -0.15) is 0 Å². The van der Waals surface area contributed by atoms with Crippen molar-refractivity contribution in [1.29, 1.82) is 0 Å². The maximum atomic E-state index is 11.3. The van der Waals surface area contributed by atoms with Gasteiger partial charge in [-0.1, -0.05) is 23.7 Å². The zero-order chi connectivity index (χ0) is 11.5. The van der Waals surface area contributed by atoms with Crippen LogP contribution in [0.4, 0.5) is 0 Å². The fraction of sp³-hybridized carbons (Fsp3) is 0.417. The van der Waals surface area contributed by atoms with Gasteiger partial charge in [0.2, 0.25) is 0 Å². The predicted molar refractivity (Wildman–Crippen MR) is 60.8 cm³/mol. The molecule has 1 aliphatic rings. The highest BCUT2D eigenvalue weighted by Crippen LogP contribution is 2.32. The van der Waals surface area contributed by atoms with E-state index in [1.54, 1.807) is 18.2 Å². The molecule has 0 radical (unpaired) electrons. The number of hydrogen-bond acceptors (Lipinski definition) is 2. The van der Waals surface area contributed by atoms with E-state index in [-0.39, 0.29) is 5.92 Å². The molecular weight excluding hydrogens is 228 g/mol. The SMILES string of the molecule is O=C(O)C(c1cccc(Cl)c1)C1CCOC1. The van der Waals surface area contributed by atoms with Crippen LogP contribution in [0.25, 0.3) is 0 Å². The Bertz CT molecular complexity index is 386. The van der Waals surface area contributed by atoms with Crippen LogP contribution in [0.3, 0.4) is 0 Å². The van der Waals surface area contributed by atoms with E-state index in [0.717, 1.165) is 12.0 Å². The molecule has 4 heteroatoms. The van der Waals surface area contributed by atoms with Crippen molar-refractivity contribution in [2.45, 2.75) is 12.3 Å². The normalized spacial score (nSPS) is 21.9. The Hall–Kier alpha value is -1.06. The van der Waals surface area contributed by atoms with E-state index in [2.05, 4.69) is 0 Å². The minimum atomic E-state index is -0.808. The highest BCUT2D eigenvalue weighted by molar-refractivity contribution is 6.30. The zero-order valence-corrected chi connectivity index (χ0v) is 9.48. The van der Waals surface area contributed by atoms with Crippen molar-refractivity contribution < 1.29 is 14.6 Å². The highest BCUT2D eigenvalue weighted by Gasteiger charge is 2.32. The fourth-order valence-corrected chi connectivity index (χ4v) is 2.33. The summed E-state index contributed by atoms with van der Waals surface area (Å²) in [5, 5.41) is 9.85.